The zero-order valence-corrected chi connectivity index (χ0v) is 16.0. The van der Waals surface area contributed by atoms with Crippen LogP contribution in [0, 0.1) is 0 Å². The Bertz CT molecular complexity index is 1010. The molecule has 5 heteroatoms. The van der Waals surface area contributed by atoms with Crippen molar-refractivity contribution in [2.75, 3.05) is 6.54 Å². The first-order valence-corrected chi connectivity index (χ1v) is 10.0. The number of carbonyl (C=O) groups excluding carboxylic acids is 1. The van der Waals surface area contributed by atoms with Crippen LogP contribution in [0.3, 0.4) is 0 Å². The van der Waals surface area contributed by atoms with Gasteiger partial charge < -0.3 is 4.90 Å². The summed E-state index contributed by atoms with van der Waals surface area (Å²) >= 11 is 0. The molecule has 1 aliphatic carbocycles. The smallest absolute Gasteiger partial charge is 0.244 e. The number of nitrogens with zero attached hydrogens (tertiary/aromatic N) is 3. The molecule has 0 aliphatic heterocycles. The standard InChI is InChI=1S/C23H25N3O2/c27-22-16-24-26(21-13-7-6-12-20(21)22)17-23(28)25(19-10-4-5-11-19)15-14-18-8-2-1-3-9-18/h1-3,6-9,12-13,16,19H,4-5,10-11,14-15,17H2. The van der Waals surface area contributed by atoms with E-state index < -0.39 is 0 Å². The van der Waals surface area contributed by atoms with Gasteiger partial charge in [-0.05, 0) is 37.0 Å². The number of para-hydroxylation sites is 1. The van der Waals surface area contributed by atoms with Crippen molar-refractivity contribution in [2.24, 2.45) is 0 Å². The van der Waals surface area contributed by atoms with Gasteiger partial charge in [-0.15, -0.1) is 0 Å². The van der Waals surface area contributed by atoms with Gasteiger partial charge in [0.2, 0.25) is 11.3 Å². The highest BCUT2D eigenvalue weighted by atomic mass is 16.2. The lowest BCUT2D eigenvalue weighted by Gasteiger charge is -2.29. The van der Waals surface area contributed by atoms with E-state index >= 15 is 0 Å². The molecule has 0 saturated heterocycles. The van der Waals surface area contributed by atoms with E-state index in [1.165, 1.54) is 24.6 Å². The molecular weight excluding hydrogens is 350 g/mol. The minimum atomic E-state index is -0.115. The van der Waals surface area contributed by atoms with E-state index in [1.807, 2.05) is 41.3 Å². The van der Waals surface area contributed by atoms with Crippen LogP contribution in [0.5, 0.6) is 0 Å². The summed E-state index contributed by atoms with van der Waals surface area (Å²) in [6.45, 7) is 0.873. The molecule has 144 valence electrons. The number of benzene rings is 2. The van der Waals surface area contributed by atoms with Gasteiger partial charge in [0.25, 0.3) is 0 Å². The van der Waals surface area contributed by atoms with Crippen LogP contribution in [-0.4, -0.2) is 33.2 Å². The molecule has 1 heterocycles. The van der Waals surface area contributed by atoms with Gasteiger partial charge in [0.05, 0.1) is 11.7 Å². The predicted molar refractivity (Wildman–Crippen MR) is 110 cm³/mol. The molecule has 3 aromatic rings. The number of fused-ring (bicyclic) bond motifs is 1. The van der Waals surface area contributed by atoms with Crippen LogP contribution in [0.4, 0.5) is 0 Å². The normalized spacial score (nSPS) is 14.4. The Labute approximate surface area is 164 Å². The lowest BCUT2D eigenvalue weighted by molar-refractivity contribution is -0.134. The Hall–Kier alpha value is -2.95. The van der Waals surface area contributed by atoms with Crippen molar-refractivity contribution < 1.29 is 4.79 Å². The van der Waals surface area contributed by atoms with Gasteiger partial charge >= 0.3 is 0 Å². The molecule has 4 rings (SSSR count). The van der Waals surface area contributed by atoms with Gasteiger partial charge in [0.15, 0.2) is 0 Å². The van der Waals surface area contributed by atoms with Crippen molar-refractivity contribution in [1.29, 1.82) is 0 Å². The van der Waals surface area contributed by atoms with Gasteiger partial charge in [-0.3, -0.25) is 14.3 Å². The Kier molecular flexibility index (Phi) is 5.51. The quantitative estimate of drug-likeness (QED) is 0.663. The summed E-state index contributed by atoms with van der Waals surface area (Å²) in [5, 5.41) is 4.83. The Morgan fingerprint density at radius 3 is 2.54 bits per heavy atom. The van der Waals surface area contributed by atoms with Crippen LogP contribution in [0.1, 0.15) is 31.2 Å². The largest absolute Gasteiger partial charge is 0.338 e. The second kappa shape index (κ2) is 8.38. The zero-order valence-electron chi connectivity index (χ0n) is 16.0. The van der Waals surface area contributed by atoms with Crippen LogP contribution >= 0.6 is 0 Å². The van der Waals surface area contributed by atoms with Gasteiger partial charge in [0.1, 0.15) is 6.54 Å². The fourth-order valence-corrected chi connectivity index (χ4v) is 4.13. The maximum Gasteiger partial charge on any atom is 0.244 e. The molecule has 1 amide bonds. The number of carbonyl (C=O) groups is 1. The second-order valence-corrected chi connectivity index (χ2v) is 7.44. The van der Waals surface area contributed by atoms with Gasteiger partial charge in [-0.1, -0.05) is 55.3 Å². The Balaban J connectivity index is 1.55. The molecule has 1 saturated carbocycles. The van der Waals surface area contributed by atoms with Crippen molar-refractivity contribution in [3.8, 4) is 0 Å². The molecule has 0 spiro atoms. The molecule has 5 nitrogen and oxygen atoms in total. The fraction of sp³-hybridized carbons (Fsp3) is 0.348. The van der Waals surface area contributed by atoms with Gasteiger partial charge in [-0.25, -0.2) is 0 Å². The number of aromatic nitrogens is 2. The van der Waals surface area contributed by atoms with Crippen molar-refractivity contribution in [1.82, 2.24) is 14.7 Å². The number of amides is 1. The van der Waals surface area contributed by atoms with Crippen molar-refractivity contribution in [3.05, 3.63) is 76.6 Å². The number of hydrogen-bond donors (Lipinski definition) is 0. The average Bonchev–Trinajstić information content (AvgIpc) is 3.26. The summed E-state index contributed by atoms with van der Waals surface area (Å²) in [5.41, 5.74) is 1.83. The summed E-state index contributed by atoms with van der Waals surface area (Å²) in [5.74, 6) is 0.0733. The van der Waals surface area contributed by atoms with E-state index in [2.05, 4.69) is 17.2 Å². The van der Waals surface area contributed by atoms with E-state index in [-0.39, 0.29) is 17.9 Å². The molecule has 0 radical (unpaired) electrons. The first-order chi connectivity index (χ1) is 13.7. The van der Waals surface area contributed by atoms with Crippen LogP contribution in [-0.2, 0) is 17.8 Å². The predicted octanol–water partition coefficient (Wildman–Crippen LogP) is 3.41. The molecule has 0 atom stereocenters. The maximum absolute atomic E-state index is 13.2. The van der Waals surface area contributed by atoms with Gasteiger partial charge in [-0.2, -0.15) is 5.10 Å². The van der Waals surface area contributed by atoms with Crippen LogP contribution in [0.2, 0.25) is 0 Å². The Morgan fingerprint density at radius 2 is 1.75 bits per heavy atom. The van der Waals surface area contributed by atoms with Crippen LogP contribution in [0.15, 0.2) is 65.6 Å². The highest BCUT2D eigenvalue weighted by molar-refractivity contribution is 5.81. The van der Waals surface area contributed by atoms with E-state index in [9.17, 15) is 9.59 Å². The molecule has 1 fully saturated rings. The molecule has 1 aliphatic rings. The summed E-state index contributed by atoms with van der Waals surface area (Å²) in [6, 6.07) is 17.9. The third-order valence-corrected chi connectivity index (χ3v) is 5.62. The zero-order chi connectivity index (χ0) is 19.3. The maximum atomic E-state index is 13.2. The molecule has 0 bridgehead atoms. The molecule has 28 heavy (non-hydrogen) atoms. The molecule has 1 aromatic heterocycles. The van der Waals surface area contributed by atoms with Crippen molar-refractivity contribution >= 4 is 16.8 Å². The van der Waals surface area contributed by atoms with Gasteiger partial charge in [0, 0.05) is 18.0 Å². The lowest BCUT2D eigenvalue weighted by Crippen LogP contribution is -2.42. The van der Waals surface area contributed by atoms with Crippen molar-refractivity contribution in [3.63, 3.8) is 0 Å². The third-order valence-electron chi connectivity index (χ3n) is 5.62. The SMILES string of the molecule is O=C(Cn1ncc(=O)c2ccccc21)N(CCc1ccccc1)C1CCCC1. The van der Waals surface area contributed by atoms with E-state index in [0.29, 0.717) is 23.5 Å². The topological polar surface area (TPSA) is 55.2 Å². The fourth-order valence-electron chi connectivity index (χ4n) is 4.13. The summed E-state index contributed by atoms with van der Waals surface area (Å²) in [6.07, 6.45) is 6.65. The first kappa shape index (κ1) is 18.4. The monoisotopic (exact) mass is 375 g/mol. The second-order valence-electron chi connectivity index (χ2n) is 7.44. The first-order valence-electron chi connectivity index (χ1n) is 10.0. The van der Waals surface area contributed by atoms with Crippen molar-refractivity contribution in [2.45, 2.75) is 44.7 Å². The highest BCUT2D eigenvalue weighted by Crippen LogP contribution is 2.24. The lowest BCUT2D eigenvalue weighted by atomic mass is 10.1. The summed E-state index contributed by atoms with van der Waals surface area (Å²) in [4.78, 5) is 27.3. The van der Waals surface area contributed by atoms with E-state index in [0.717, 1.165) is 19.3 Å². The highest BCUT2D eigenvalue weighted by Gasteiger charge is 2.26. The minimum Gasteiger partial charge on any atom is -0.338 e. The molecular formula is C23H25N3O2. The molecule has 0 unspecified atom stereocenters. The number of rotatable bonds is 6. The molecule has 2 aromatic carbocycles. The summed E-state index contributed by atoms with van der Waals surface area (Å²) in [7, 11) is 0. The summed E-state index contributed by atoms with van der Waals surface area (Å²) < 4.78 is 1.66. The Morgan fingerprint density at radius 1 is 1.04 bits per heavy atom. The molecule has 0 N–H and O–H groups in total. The average molecular weight is 375 g/mol. The van der Waals surface area contributed by atoms with Crippen LogP contribution < -0.4 is 5.43 Å². The third kappa shape index (κ3) is 3.98. The minimum absolute atomic E-state index is 0.0733. The van der Waals surface area contributed by atoms with E-state index in [1.54, 1.807) is 10.7 Å². The van der Waals surface area contributed by atoms with Crippen LogP contribution in [0.25, 0.3) is 10.9 Å². The van der Waals surface area contributed by atoms with E-state index in [4.69, 9.17) is 0 Å². The number of hydrogen-bond acceptors (Lipinski definition) is 3.